The monoisotopic (exact) mass is 386 g/mol. The molecular weight excluding hydrogens is 363 g/mol. The zero-order valence-electron chi connectivity index (χ0n) is 15.5. The van der Waals surface area contributed by atoms with Gasteiger partial charge in [-0.2, -0.15) is 0 Å². The molecule has 0 unspecified atom stereocenters. The Morgan fingerprint density at radius 1 is 1.19 bits per heavy atom. The highest BCUT2D eigenvalue weighted by Crippen LogP contribution is 2.45. The summed E-state index contributed by atoms with van der Waals surface area (Å²) < 4.78 is 13.7. The molecule has 0 radical (unpaired) electrons. The topological polar surface area (TPSA) is 49.4 Å². The predicted molar refractivity (Wildman–Crippen MR) is 106 cm³/mol. The summed E-state index contributed by atoms with van der Waals surface area (Å²) in [5.41, 5.74) is 0.715. The van der Waals surface area contributed by atoms with Crippen molar-refractivity contribution in [2.45, 2.75) is 29.6 Å². The maximum absolute atomic E-state index is 13.7. The Bertz CT molecular complexity index is 852. The van der Waals surface area contributed by atoms with Crippen LogP contribution in [0.5, 0.6) is 0 Å². The number of likely N-dealkylation sites (N-methyl/N-ethyl adjacent to an activating group) is 1. The normalized spacial score (nSPS) is 14.9. The summed E-state index contributed by atoms with van der Waals surface area (Å²) in [6.07, 6.45) is 4.22. The molecule has 2 aromatic carbocycles. The largest absolute Gasteiger partial charge is 0.336 e. The number of carbonyl (C=O) groups excluding carboxylic acids is 2. The maximum atomic E-state index is 13.7. The molecule has 142 valence electrons. The highest BCUT2D eigenvalue weighted by molar-refractivity contribution is 7.98. The Kier molecular flexibility index (Phi) is 5.85. The number of hydrogen-bond donors (Lipinski definition) is 1. The summed E-state index contributed by atoms with van der Waals surface area (Å²) in [5, 5.41) is 2.87. The summed E-state index contributed by atoms with van der Waals surface area (Å²) in [6, 6.07) is 13.8. The fraction of sp³-hybridized carbons (Fsp3) is 0.333. The first-order valence-corrected chi connectivity index (χ1v) is 10.1. The molecule has 0 atom stereocenters. The first kappa shape index (κ1) is 19.4. The van der Waals surface area contributed by atoms with Gasteiger partial charge in [-0.3, -0.25) is 9.59 Å². The standard InChI is InChI=1S/C21H23FN2O2S/c1-24(14-19(25)23-17-9-3-4-10-18(17)27-2)20(26)21(11-6-12-21)15-7-5-8-16(22)13-15/h3-5,7-10,13H,6,11-12,14H2,1-2H3,(H,23,25). The molecule has 1 aliphatic carbocycles. The third-order valence-electron chi connectivity index (χ3n) is 5.10. The summed E-state index contributed by atoms with van der Waals surface area (Å²) in [4.78, 5) is 27.9. The van der Waals surface area contributed by atoms with Crippen molar-refractivity contribution in [3.63, 3.8) is 0 Å². The van der Waals surface area contributed by atoms with E-state index in [0.717, 1.165) is 17.0 Å². The molecule has 3 rings (SSSR count). The minimum Gasteiger partial charge on any atom is -0.336 e. The first-order chi connectivity index (χ1) is 13.0. The number of anilines is 1. The van der Waals surface area contributed by atoms with E-state index in [1.54, 1.807) is 30.9 Å². The molecule has 0 aliphatic heterocycles. The number of nitrogens with zero attached hydrogens (tertiary/aromatic N) is 1. The second kappa shape index (κ2) is 8.13. The van der Waals surface area contributed by atoms with Crippen molar-refractivity contribution in [3.8, 4) is 0 Å². The van der Waals surface area contributed by atoms with Crippen molar-refractivity contribution in [1.29, 1.82) is 0 Å². The first-order valence-electron chi connectivity index (χ1n) is 8.91. The minimum atomic E-state index is -0.714. The molecule has 0 spiro atoms. The lowest BCUT2D eigenvalue weighted by molar-refractivity contribution is -0.141. The van der Waals surface area contributed by atoms with Gasteiger partial charge in [0.1, 0.15) is 5.82 Å². The van der Waals surface area contributed by atoms with Gasteiger partial charge in [-0.1, -0.05) is 30.7 Å². The third-order valence-corrected chi connectivity index (χ3v) is 5.90. The maximum Gasteiger partial charge on any atom is 0.244 e. The van der Waals surface area contributed by atoms with Gasteiger partial charge in [-0.05, 0) is 48.9 Å². The lowest BCUT2D eigenvalue weighted by atomic mass is 9.63. The zero-order valence-corrected chi connectivity index (χ0v) is 16.3. The molecule has 1 saturated carbocycles. The van der Waals surface area contributed by atoms with E-state index in [4.69, 9.17) is 0 Å². The Labute approximate surface area is 163 Å². The van der Waals surface area contributed by atoms with Crippen LogP contribution in [-0.4, -0.2) is 36.6 Å². The molecular formula is C21H23FN2O2S. The van der Waals surface area contributed by atoms with Crippen LogP contribution in [0.3, 0.4) is 0 Å². The molecule has 0 aromatic heterocycles. The summed E-state index contributed by atoms with van der Waals surface area (Å²) in [6.45, 7) is -0.0430. The minimum absolute atomic E-state index is 0.0430. The Hall–Kier alpha value is -2.34. The van der Waals surface area contributed by atoms with Crippen LogP contribution in [0.25, 0.3) is 0 Å². The van der Waals surface area contributed by atoms with Gasteiger partial charge < -0.3 is 10.2 Å². The average Bonchev–Trinajstić information content (AvgIpc) is 2.61. The SMILES string of the molecule is CSc1ccccc1NC(=O)CN(C)C(=O)C1(c2cccc(F)c2)CCC1. The number of halogens is 1. The molecule has 2 amide bonds. The van der Waals surface area contributed by atoms with Gasteiger partial charge >= 0.3 is 0 Å². The second-order valence-corrected chi connectivity index (χ2v) is 7.70. The molecule has 0 saturated heterocycles. The Morgan fingerprint density at radius 3 is 2.56 bits per heavy atom. The number of rotatable bonds is 6. The number of amides is 2. The highest BCUT2D eigenvalue weighted by atomic mass is 32.2. The fourth-order valence-electron chi connectivity index (χ4n) is 3.53. The predicted octanol–water partition coefficient (Wildman–Crippen LogP) is 4.07. The lowest BCUT2D eigenvalue weighted by Gasteiger charge is -2.43. The van der Waals surface area contributed by atoms with Crippen molar-refractivity contribution >= 4 is 29.3 Å². The van der Waals surface area contributed by atoms with Crippen LogP contribution >= 0.6 is 11.8 Å². The molecule has 1 aliphatic rings. The zero-order chi connectivity index (χ0) is 19.4. The van der Waals surface area contributed by atoms with Crippen molar-refractivity contribution in [2.24, 2.45) is 0 Å². The second-order valence-electron chi connectivity index (χ2n) is 6.86. The molecule has 0 bridgehead atoms. The van der Waals surface area contributed by atoms with Gasteiger partial charge in [0.2, 0.25) is 11.8 Å². The highest BCUT2D eigenvalue weighted by Gasteiger charge is 2.47. The quantitative estimate of drug-likeness (QED) is 0.762. The van der Waals surface area contributed by atoms with E-state index in [-0.39, 0.29) is 24.2 Å². The molecule has 2 aromatic rings. The number of thioether (sulfide) groups is 1. The van der Waals surface area contributed by atoms with E-state index in [1.165, 1.54) is 17.0 Å². The van der Waals surface area contributed by atoms with Crippen molar-refractivity contribution in [1.82, 2.24) is 4.90 Å². The molecule has 27 heavy (non-hydrogen) atoms. The molecule has 1 N–H and O–H groups in total. The van der Waals surface area contributed by atoms with E-state index in [0.29, 0.717) is 18.4 Å². The molecule has 6 heteroatoms. The van der Waals surface area contributed by atoms with Crippen LogP contribution in [0.4, 0.5) is 10.1 Å². The number of para-hydroxylation sites is 1. The van der Waals surface area contributed by atoms with Crippen molar-refractivity contribution < 1.29 is 14.0 Å². The van der Waals surface area contributed by atoms with Crippen LogP contribution in [0.2, 0.25) is 0 Å². The fourth-order valence-corrected chi connectivity index (χ4v) is 4.09. The summed E-state index contributed by atoms with van der Waals surface area (Å²) in [7, 11) is 1.63. The van der Waals surface area contributed by atoms with Gasteiger partial charge in [0.05, 0.1) is 17.6 Å². The molecule has 1 fully saturated rings. The summed E-state index contributed by atoms with van der Waals surface area (Å²) in [5.74, 6) is -0.727. The number of benzene rings is 2. The Balaban J connectivity index is 1.70. The third kappa shape index (κ3) is 4.00. The van der Waals surface area contributed by atoms with E-state index in [1.807, 2.05) is 30.5 Å². The van der Waals surface area contributed by atoms with E-state index in [9.17, 15) is 14.0 Å². The van der Waals surface area contributed by atoms with E-state index >= 15 is 0 Å². The molecule has 0 heterocycles. The van der Waals surface area contributed by atoms with Crippen LogP contribution in [0.1, 0.15) is 24.8 Å². The van der Waals surface area contributed by atoms with Crippen molar-refractivity contribution in [3.05, 3.63) is 59.9 Å². The average molecular weight is 386 g/mol. The number of hydrogen-bond acceptors (Lipinski definition) is 3. The van der Waals surface area contributed by atoms with Crippen LogP contribution in [0, 0.1) is 5.82 Å². The number of nitrogens with one attached hydrogen (secondary N) is 1. The van der Waals surface area contributed by atoms with Crippen LogP contribution < -0.4 is 5.32 Å². The van der Waals surface area contributed by atoms with Gasteiger partial charge in [-0.15, -0.1) is 11.8 Å². The number of carbonyl (C=O) groups is 2. The van der Waals surface area contributed by atoms with Crippen LogP contribution in [-0.2, 0) is 15.0 Å². The van der Waals surface area contributed by atoms with Gasteiger partial charge in [-0.25, -0.2) is 4.39 Å². The summed E-state index contributed by atoms with van der Waals surface area (Å²) >= 11 is 1.55. The smallest absolute Gasteiger partial charge is 0.244 e. The van der Waals surface area contributed by atoms with E-state index in [2.05, 4.69) is 5.32 Å². The Morgan fingerprint density at radius 2 is 1.93 bits per heavy atom. The van der Waals surface area contributed by atoms with Gasteiger partial charge in [0.15, 0.2) is 0 Å². The molecule has 4 nitrogen and oxygen atoms in total. The van der Waals surface area contributed by atoms with E-state index < -0.39 is 5.41 Å². The van der Waals surface area contributed by atoms with Gasteiger partial charge in [0.25, 0.3) is 0 Å². The van der Waals surface area contributed by atoms with Crippen molar-refractivity contribution in [2.75, 3.05) is 25.2 Å². The van der Waals surface area contributed by atoms with Gasteiger partial charge in [0, 0.05) is 11.9 Å². The van der Waals surface area contributed by atoms with Crippen LogP contribution in [0.15, 0.2) is 53.4 Å². The lowest BCUT2D eigenvalue weighted by Crippen LogP contribution is -2.51.